The largest absolute Gasteiger partial charge is 0.480 e. The molecule has 1 unspecified atom stereocenters. The highest BCUT2D eigenvalue weighted by Crippen LogP contribution is 2.19. The Morgan fingerprint density at radius 1 is 1.29 bits per heavy atom. The first-order valence-corrected chi connectivity index (χ1v) is 6.79. The number of nitrogens with zero attached hydrogens (tertiary/aromatic N) is 1. The number of benzene rings is 1. The Morgan fingerprint density at radius 2 is 2.00 bits per heavy atom. The molecule has 0 radical (unpaired) electrons. The van der Waals surface area contributed by atoms with E-state index < -0.39 is 17.4 Å². The van der Waals surface area contributed by atoms with Crippen LogP contribution in [0.2, 0.25) is 0 Å². The van der Waals surface area contributed by atoms with Crippen LogP contribution < -0.4 is 5.32 Å². The van der Waals surface area contributed by atoms with Crippen molar-refractivity contribution in [3.8, 4) is 0 Å². The summed E-state index contributed by atoms with van der Waals surface area (Å²) in [7, 11) is 0. The van der Waals surface area contributed by atoms with Crippen molar-refractivity contribution >= 4 is 22.8 Å². The fourth-order valence-corrected chi connectivity index (χ4v) is 2.04. The number of rotatable bonds is 4. The average molecular weight is 286 g/mol. The number of carbonyl (C=O) groups excluding carboxylic acids is 1. The summed E-state index contributed by atoms with van der Waals surface area (Å²) in [6, 6.07) is 9.05. The molecule has 0 fully saturated rings. The van der Waals surface area contributed by atoms with E-state index in [-0.39, 0.29) is 0 Å². The van der Waals surface area contributed by atoms with Gasteiger partial charge < -0.3 is 10.4 Å². The van der Waals surface area contributed by atoms with Gasteiger partial charge in [-0.15, -0.1) is 0 Å². The maximum atomic E-state index is 12.4. The van der Waals surface area contributed by atoms with E-state index in [2.05, 4.69) is 10.3 Å². The van der Waals surface area contributed by atoms with Crippen LogP contribution in [0.5, 0.6) is 0 Å². The third kappa shape index (κ3) is 2.86. The minimum atomic E-state index is -1.29. The van der Waals surface area contributed by atoms with E-state index in [0.717, 1.165) is 11.1 Å². The van der Waals surface area contributed by atoms with E-state index in [9.17, 15) is 14.7 Å². The number of fused-ring (bicyclic) bond motifs is 1. The molecule has 2 rings (SSSR count). The Morgan fingerprint density at radius 3 is 2.62 bits per heavy atom. The number of hydrogen-bond donors (Lipinski definition) is 2. The van der Waals surface area contributed by atoms with Crippen LogP contribution in [0.15, 0.2) is 30.3 Å². The highest BCUT2D eigenvalue weighted by molar-refractivity contribution is 6.07. The van der Waals surface area contributed by atoms with Gasteiger partial charge in [0.15, 0.2) is 0 Å². The van der Waals surface area contributed by atoms with E-state index in [0.29, 0.717) is 17.5 Å². The smallest absolute Gasteiger partial charge is 0.329 e. The van der Waals surface area contributed by atoms with Crippen LogP contribution in [-0.2, 0) is 4.79 Å². The first kappa shape index (κ1) is 15.0. The van der Waals surface area contributed by atoms with E-state index >= 15 is 0 Å². The highest BCUT2D eigenvalue weighted by atomic mass is 16.4. The molecule has 0 aliphatic heterocycles. The predicted octanol–water partition coefficient (Wildman–Crippen LogP) is 2.53. The number of aryl methyl sites for hydroxylation is 1. The average Bonchev–Trinajstić information content (AvgIpc) is 2.46. The van der Waals surface area contributed by atoms with Gasteiger partial charge in [0.1, 0.15) is 5.54 Å². The molecular formula is C16H18N2O3. The van der Waals surface area contributed by atoms with Crippen molar-refractivity contribution in [1.29, 1.82) is 0 Å². The molecule has 0 aliphatic rings. The molecule has 5 nitrogen and oxygen atoms in total. The zero-order chi connectivity index (χ0) is 15.6. The van der Waals surface area contributed by atoms with Crippen LogP contribution in [0.3, 0.4) is 0 Å². The lowest BCUT2D eigenvalue weighted by molar-refractivity contribution is -0.143. The van der Waals surface area contributed by atoms with E-state index in [1.165, 1.54) is 6.92 Å². The zero-order valence-corrected chi connectivity index (χ0v) is 12.3. The summed E-state index contributed by atoms with van der Waals surface area (Å²) in [5, 5.41) is 12.7. The number of hydrogen-bond acceptors (Lipinski definition) is 3. The number of carbonyl (C=O) groups is 2. The minimum absolute atomic E-state index is 0.297. The van der Waals surface area contributed by atoms with Gasteiger partial charge in [-0.3, -0.25) is 9.78 Å². The number of nitrogens with one attached hydrogen (secondary N) is 1. The van der Waals surface area contributed by atoms with Crippen LogP contribution in [0.25, 0.3) is 10.9 Å². The number of carboxylic acids is 1. The second-order valence-corrected chi connectivity index (χ2v) is 5.27. The van der Waals surface area contributed by atoms with Crippen LogP contribution in [-0.4, -0.2) is 27.5 Å². The number of aliphatic carboxylic acids is 1. The van der Waals surface area contributed by atoms with Crippen molar-refractivity contribution in [2.75, 3.05) is 0 Å². The number of para-hydroxylation sites is 1. The van der Waals surface area contributed by atoms with Crippen LogP contribution in [0.4, 0.5) is 0 Å². The zero-order valence-electron chi connectivity index (χ0n) is 12.3. The van der Waals surface area contributed by atoms with Crippen LogP contribution in [0, 0.1) is 6.92 Å². The van der Waals surface area contributed by atoms with Crippen molar-refractivity contribution < 1.29 is 14.7 Å². The summed E-state index contributed by atoms with van der Waals surface area (Å²) in [5.41, 5.74) is 0.485. The Labute approximate surface area is 123 Å². The first-order valence-electron chi connectivity index (χ1n) is 6.79. The van der Waals surface area contributed by atoms with Gasteiger partial charge in [0.2, 0.25) is 0 Å². The van der Waals surface area contributed by atoms with E-state index in [4.69, 9.17) is 0 Å². The maximum Gasteiger partial charge on any atom is 0.329 e. The van der Waals surface area contributed by atoms with Crippen LogP contribution >= 0.6 is 0 Å². The summed E-state index contributed by atoms with van der Waals surface area (Å²) in [4.78, 5) is 28.1. The standard InChI is InChI=1S/C16H18N2O3/c1-4-16(3,15(20)21)18-14(19)12-7-5-6-11-9-8-10(2)17-13(11)12/h5-9H,4H2,1-3H3,(H,18,19)(H,20,21). The molecule has 2 N–H and O–H groups in total. The molecule has 110 valence electrons. The maximum absolute atomic E-state index is 12.4. The summed E-state index contributed by atoms with van der Waals surface area (Å²) in [6.45, 7) is 5.07. The molecule has 1 amide bonds. The van der Waals surface area contributed by atoms with Gasteiger partial charge in [-0.25, -0.2) is 4.79 Å². The number of aromatic nitrogens is 1. The van der Waals surface area contributed by atoms with Gasteiger partial charge in [0.05, 0.1) is 11.1 Å². The molecule has 2 aromatic rings. The summed E-state index contributed by atoms with van der Waals surface area (Å²) in [5.74, 6) is -1.48. The molecule has 1 aromatic carbocycles. The lowest BCUT2D eigenvalue weighted by atomic mass is 9.98. The SMILES string of the molecule is CCC(C)(NC(=O)c1cccc2ccc(C)nc12)C(=O)O. The number of pyridine rings is 1. The molecule has 1 atom stereocenters. The molecule has 1 aromatic heterocycles. The normalized spacial score (nSPS) is 13.7. The molecular weight excluding hydrogens is 268 g/mol. The summed E-state index contributed by atoms with van der Waals surface area (Å²) < 4.78 is 0. The van der Waals surface area contributed by atoms with Crippen molar-refractivity contribution in [3.63, 3.8) is 0 Å². The fraction of sp³-hybridized carbons (Fsp3) is 0.312. The molecule has 1 heterocycles. The van der Waals surface area contributed by atoms with E-state index in [1.807, 2.05) is 25.1 Å². The fourth-order valence-electron chi connectivity index (χ4n) is 2.04. The van der Waals surface area contributed by atoms with Gasteiger partial charge >= 0.3 is 5.97 Å². The molecule has 0 saturated carbocycles. The molecule has 21 heavy (non-hydrogen) atoms. The van der Waals surface area contributed by atoms with E-state index in [1.54, 1.807) is 19.1 Å². The first-order chi connectivity index (χ1) is 9.87. The lowest BCUT2D eigenvalue weighted by Crippen LogP contribution is -2.51. The molecule has 5 heteroatoms. The third-order valence-electron chi connectivity index (χ3n) is 3.67. The number of carboxylic acid groups (broad SMARTS) is 1. The predicted molar refractivity (Wildman–Crippen MR) is 80.3 cm³/mol. The van der Waals surface area contributed by atoms with Crippen molar-refractivity contribution in [1.82, 2.24) is 10.3 Å². The molecule has 0 aliphatic carbocycles. The lowest BCUT2D eigenvalue weighted by Gasteiger charge is -2.24. The Hall–Kier alpha value is -2.43. The Kier molecular flexibility index (Phi) is 3.93. The molecule has 0 bridgehead atoms. The topological polar surface area (TPSA) is 79.3 Å². The van der Waals surface area contributed by atoms with Crippen molar-refractivity contribution in [3.05, 3.63) is 41.6 Å². The van der Waals surface area contributed by atoms with Crippen molar-refractivity contribution in [2.24, 2.45) is 0 Å². The highest BCUT2D eigenvalue weighted by Gasteiger charge is 2.33. The molecule has 0 spiro atoms. The van der Waals surface area contributed by atoms with Crippen molar-refractivity contribution in [2.45, 2.75) is 32.7 Å². The van der Waals surface area contributed by atoms with Gasteiger partial charge in [-0.05, 0) is 32.4 Å². The summed E-state index contributed by atoms with van der Waals surface area (Å²) in [6.07, 6.45) is 0.297. The second kappa shape index (κ2) is 5.52. The Bertz CT molecular complexity index is 712. The van der Waals surface area contributed by atoms with Crippen LogP contribution in [0.1, 0.15) is 36.3 Å². The monoisotopic (exact) mass is 286 g/mol. The van der Waals surface area contributed by atoms with Gasteiger partial charge in [0, 0.05) is 11.1 Å². The van der Waals surface area contributed by atoms with Gasteiger partial charge in [0.25, 0.3) is 5.91 Å². The summed E-state index contributed by atoms with van der Waals surface area (Å²) >= 11 is 0. The quantitative estimate of drug-likeness (QED) is 0.905. The van der Waals surface area contributed by atoms with Gasteiger partial charge in [-0.2, -0.15) is 0 Å². The number of amides is 1. The third-order valence-corrected chi connectivity index (χ3v) is 3.67. The second-order valence-electron chi connectivity index (χ2n) is 5.27. The Balaban J connectivity index is 2.45. The minimum Gasteiger partial charge on any atom is -0.480 e. The molecule has 0 saturated heterocycles. The van der Waals surface area contributed by atoms with Gasteiger partial charge in [-0.1, -0.05) is 25.1 Å².